The molecule has 4 atom stereocenters. The zero-order chi connectivity index (χ0) is 25.9. The van der Waals surface area contributed by atoms with Gasteiger partial charge in [-0.05, 0) is 69.7 Å². The van der Waals surface area contributed by atoms with Crippen LogP contribution in [0.25, 0.3) is 11.1 Å². The maximum absolute atomic E-state index is 13.4. The second-order valence-electron chi connectivity index (χ2n) is 10.9. The van der Waals surface area contributed by atoms with Crippen molar-refractivity contribution in [2.45, 2.75) is 70.1 Å². The highest BCUT2D eigenvalue weighted by molar-refractivity contribution is 5.99. The van der Waals surface area contributed by atoms with Crippen molar-refractivity contribution >= 4 is 17.8 Å². The Balaban J connectivity index is 1.43. The summed E-state index contributed by atoms with van der Waals surface area (Å²) in [5.74, 6) is -1.05. The monoisotopic (exact) mass is 491 g/mol. The first-order chi connectivity index (χ1) is 17.2. The molecule has 2 amide bonds. The summed E-state index contributed by atoms with van der Waals surface area (Å²) < 4.78 is 5.12. The average Bonchev–Trinajstić information content (AvgIpc) is 3.22. The largest absolute Gasteiger partial charge is 0.469 e. The molecule has 0 radical (unpaired) electrons. The third-order valence-electron chi connectivity index (χ3n) is 7.13. The summed E-state index contributed by atoms with van der Waals surface area (Å²) in [6.45, 7) is 6.85. The number of hydrogen-bond acceptors (Lipinski definition) is 5. The maximum atomic E-state index is 13.4. The summed E-state index contributed by atoms with van der Waals surface area (Å²) in [6.07, 6.45) is 2.75. The van der Waals surface area contributed by atoms with E-state index in [9.17, 15) is 14.4 Å². The molecule has 1 aliphatic heterocycles. The van der Waals surface area contributed by atoms with Crippen molar-refractivity contribution < 1.29 is 19.1 Å². The maximum Gasteiger partial charge on any atom is 0.310 e. The van der Waals surface area contributed by atoms with Gasteiger partial charge in [0, 0.05) is 29.7 Å². The number of ether oxygens (including phenoxy) is 1. The van der Waals surface area contributed by atoms with E-state index in [4.69, 9.17) is 4.74 Å². The Bertz CT molecular complexity index is 1100. The summed E-state index contributed by atoms with van der Waals surface area (Å²) in [4.78, 5) is 40.9. The lowest BCUT2D eigenvalue weighted by Gasteiger charge is -2.41. The van der Waals surface area contributed by atoms with Crippen LogP contribution in [-0.2, 0) is 14.3 Å². The number of hydrogen-bond donors (Lipinski definition) is 2. The number of rotatable bonds is 6. The van der Waals surface area contributed by atoms with Gasteiger partial charge in [-0.2, -0.15) is 0 Å². The van der Waals surface area contributed by atoms with Gasteiger partial charge in [0.2, 0.25) is 5.91 Å². The van der Waals surface area contributed by atoms with Crippen LogP contribution in [0.4, 0.5) is 0 Å². The lowest BCUT2D eigenvalue weighted by Crippen LogP contribution is -2.55. The van der Waals surface area contributed by atoms with Crippen LogP contribution in [0.3, 0.4) is 0 Å². The quantitative estimate of drug-likeness (QED) is 0.601. The first-order valence-corrected chi connectivity index (χ1v) is 12.8. The van der Waals surface area contributed by atoms with Crippen LogP contribution < -0.4 is 10.6 Å². The molecule has 1 heterocycles. The third-order valence-corrected chi connectivity index (χ3v) is 7.13. The second kappa shape index (κ2) is 10.8. The van der Waals surface area contributed by atoms with Gasteiger partial charge in [-0.1, -0.05) is 42.5 Å². The fourth-order valence-electron chi connectivity index (χ4n) is 5.55. The molecular formula is C29H37N3O4. The van der Waals surface area contributed by atoms with Crippen molar-refractivity contribution in [1.29, 1.82) is 0 Å². The Labute approximate surface area is 213 Å². The molecule has 0 aromatic heterocycles. The molecule has 2 aliphatic rings. The van der Waals surface area contributed by atoms with Gasteiger partial charge >= 0.3 is 5.97 Å². The minimum absolute atomic E-state index is 0.0607. The second-order valence-corrected chi connectivity index (χ2v) is 10.9. The Kier molecular flexibility index (Phi) is 7.79. The minimum Gasteiger partial charge on any atom is -0.469 e. The van der Waals surface area contributed by atoms with Gasteiger partial charge in [-0.25, -0.2) is 0 Å². The van der Waals surface area contributed by atoms with Gasteiger partial charge < -0.3 is 20.3 Å². The molecule has 1 unspecified atom stereocenters. The van der Waals surface area contributed by atoms with Crippen molar-refractivity contribution in [1.82, 2.24) is 15.5 Å². The van der Waals surface area contributed by atoms with E-state index >= 15 is 0 Å². The highest BCUT2D eigenvalue weighted by atomic mass is 16.5. The third kappa shape index (κ3) is 5.95. The van der Waals surface area contributed by atoms with Crippen molar-refractivity contribution in [2.75, 3.05) is 13.7 Å². The lowest BCUT2D eigenvalue weighted by atomic mass is 9.80. The van der Waals surface area contributed by atoms with E-state index in [-0.39, 0.29) is 41.3 Å². The Morgan fingerprint density at radius 2 is 1.69 bits per heavy atom. The van der Waals surface area contributed by atoms with Gasteiger partial charge in [-0.3, -0.25) is 14.4 Å². The Hall–Kier alpha value is -3.19. The van der Waals surface area contributed by atoms with Gasteiger partial charge in [0.25, 0.3) is 5.91 Å². The molecule has 1 saturated carbocycles. The minimum atomic E-state index is -0.596. The Morgan fingerprint density at radius 3 is 2.39 bits per heavy atom. The molecule has 7 nitrogen and oxygen atoms in total. The van der Waals surface area contributed by atoms with Gasteiger partial charge in [0.15, 0.2) is 0 Å². The molecule has 192 valence electrons. The first-order valence-electron chi connectivity index (χ1n) is 12.8. The van der Waals surface area contributed by atoms with E-state index in [1.807, 2.05) is 48.5 Å². The van der Waals surface area contributed by atoms with Crippen LogP contribution in [-0.4, -0.2) is 60.0 Å². The smallest absolute Gasteiger partial charge is 0.310 e. The SMILES string of the molecule is COC(=O)[C@@H]1C[C@H](NC(C)(C)C)CC[C@@H]1N1CCC(NC(=O)c2cccc(-c3ccccc3)c2)C1=O. The van der Waals surface area contributed by atoms with E-state index in [1.165, 1.54) is 7.11 Å². The molecule has 2 aromatic rings. The van der Waals surface area contributed by atoms with Crippen molar-refractivity contribution in [3.05, 3.63) is 60.2 Å². The highest BCUT2D eigenvalue weighted by Gasteiger charge is 2.45. The molecule has 7 heteroatoms. The van der Waals surface area contributed by atoms with Crippen LogP contribution in [0, 0.1) is 5.92 Å². The van der Waals surface area contributed by atoms with Gasteiger partial charge in [0.1, 0.15) is 6.04 Å². The van der Waals surface area contributed by atoms with E-state index in [0.717, 1.165) is 24.0 Å². The van der Waals surface area contributed by atoms with E-state index < -0.39 is 6.04 Å². The molecule has 1 saturated heterocycles. The number of methoxy groups -OCH3 is 1. The number of likely N-dealkylation sites (tertiary alicyclic amines) is 1. The topological polar surface area (TPSA) is 87.7 Å². The number of carbonyl (C=O) groups excluding carboxylic acids is 3. The molecule has 36 heavy (non-hydrogen) atoms. The van der Waals surface area contributed by atoms with Crippen LogP contribution in [0.2, 0.25) is 0 Å². The number of nitrogens with zero attached hydrogens (tertiary/aromatic N) is 1. The summed E-state index contributed by atoms with van der Waals surface area (Å²) >= 11 is 0. The molecular weight excluding hydrogens is 454 g/mol. The molecule has 2 N–H and O–H groups in total. The van der Waals surface area contributed by atoms with Crippen molar-refractivity contribution in [3.8, 4) is 11.1 Å². The summed E-state index contributed by atoms with van der Waals surface area (Å²) in [5, 5.41) is 6.52. The van der Waals surface area contributed by atoms with E-state index in [0.29, 0.717) is 24.9 Å². The summed E-state index contributed by atoms with van der Waals surface area (Å²) in [6, 6.07) is 16.7. The highest BCUT2D eigenvalue weighted by Crippen LogP contribution is 2.33. The first kappa shape index (κ1) is 25.9. The van der Waals surface area contributed by atoms with Crippen LogP contribution >= 0.6 is 0 Å². The zero-order valence-electron chi connectivity index (χ0n) is 21.6. The van der Waals surface area contributed by atoms with Crippen molar-refractivity contribution in [2.24, 2.45) is 5.92 Å². The molecule has 4 rings (SSSR count). The predicted molar refractivity (Wildman–Crippen MR) is 139 cm³/mol. The van der Waals surface area contributed by atoms with Gasteiger partial charge in [0.05, 0.1) is 13.0 Å². The fourth-order valence-corrected chi connectivity index (χ4v) is 5.55. The number of carbonyl (C=O) groups is 3. The normalized spacial score (nSPS) is 24.4. The molecule has 2 aromatic carbocycles. The predicted octanol–water partition coefficient (Wildman–Crippen LogP) is 3.78. The fraction of sp³-hybridized carbons (Fsp3) is 0.483. The lowest BCUT2D eigenvalue weighted by molar-refractivity contribution is -0.151. The average molecular weight is 492 g/mol. The number of benzene rings is 2. The van der Waals surface area contributed by atoms with Gasteiger partial charge in [-0.15, -0.1) is 0 Å². The number of nitrogens with one attached hydrogen (secondary N) is 2. The molecule has 1 aliphatic carbocycles. The summed E-state index contributed by atoms with van der Waals surface area (Å²) in [5.41, 5.74) is 2.43. The molecule has 0 spiro atoms. The van der Waals surface area contributed by atoms with Crippen molar-refractivity contribution in [3.63, 3.8) is 0 Å². The van der Waals surface area contributed by atoms with Crippen LogP contribution in [0.1, 0.15) is 56.8 Å². The van der Waals surface area contributed by atoms with E-state index in [1.54, 1.807) is 11.0 Å². The van der Waals surface area contributed by atoms with E-state index in [2.05, 4.69) is 31.4 Å². The molecule has 0 bridgehead atoms. The van der Waals surface area contributed by atoms with Crippen LogP contribution in [0.5, 0.6) is 0 Å². The zero-order valence-corrected chi connectivity index (χ0v) is 21.6. The van der Waals surface area contributed by atoms with Crippen LogP contribution in [0.15, 0.2) is 54.6 Å². The summed E-state index contributed by atoms with van der Waals surface area (Å²) in [7, 11) is 1.40. The Morgan fingerprint density at radius 1 is 0.972 bits per heavy atom. The molecule has 2 fully saturated rings. The standard InChI is InChI=1S/C29H37N3O4/c1-29(2,3)31-22-13-14-25(23(18-22)28(35)36-4)32-16-15-24(27(32)34)30-26(33)21-12-8-11-20(17-21)19-9-6-5-7-10-19/h5-12,17,22-25,31H,13-16,18H2,1-4H3,(H,30,33)/t22-,23-,24?,25+/m1/s1. The number of amides is 2. The number of esters is 1.